The minimum Gasteiger partial charge on any atom is -0.365 e. The molecule has 3 aromatic rings. The van der Waals surface area contributed by atoms with Gasteiger partial charge in [-0.05, 0) is 56.1 Å². The smallest absolute Gasteiger partial charge is 0.365 e. The summed E-state index contributed by atoms with van der Waals surface area (Å²) in [5, 5.41) is 3.83. The lowest BCUT2D eigenvalue weighted by molar-refractivity contribution is -0.143. The highest BCUT2D eigenvalue weighted by Crippen LogP contribution is 2.34. The van der Waals surface area contributed by atoms with Gasteiger partial charge in [-0.3, -0.25) is 14.2 Å². The maximum Gasteiger partial charge on any atom is 0.434 e. The summed E-state index contributed by atoms with van der Waals surface area (Å²) in [6.07, 6.45) is -2.65. The summed E-state index contributed by atoms with van der Waals surface area (Å²) in [6, 6.07) is 5.50. The summed E-state index contributed by atoms with van der Waals surface area (Å²) in [5.41, 5.74) is 2.95. The first-order valence-electron chi connectivity index (χ1n) is 7.34. The second kappa shape index (κ2) is 7.37. The van der Waals surface area contributed by atoms with Crippen LogP contribution < -0.4 is 11.3 Å². The number of nitrogens with zero attached hydrogens (tertiary/aromatic N) is 3. The van der Waals surface area contributed by atoms with Gasteiger partial charge in [0.1, 0.15) is 4.47 Å². The van der Waals surface area contributed by atoms with Crippen molar-refractivity contribution in [1.82, 2.24) is 14.3 Å². The molecule has 28 heavy (non-hydrogen) atoms. The van der Waals surface area contributed by atoms with E-state index in [2.05, 4.69) is 37.0 Å². The molecule has 1 amide bonds. The number of halogens is 6. The SMILES string of the molecule is NC(=O)c1cnn(-c2ccc(-n3cc(Br)c(Cl)c(Br)c3=O)cc2)c1C(F)(F)F. The third kappa shape index (κ3) is 3.61. The third-order valence-electron chi connectivity index (χ3n) is 3.73. The van der Waals surface area contributed by atoms with Gasteiger partial charge in [0, 0.05) is 11.9 Å². The minimum atomic E-state index is -4.84. The van der Waals surface area contributed by atoms with Gasteiger partial charge < -0.3 is 5.73 Å². The molecule has 0 aliphatic rings. The highest BCUT2D eigenvalue weighted by molar-refractivity contribution is 9.11. The number of hydrogen-bond donors (Lipinski definition) is 1. The van der Waals surface area contributed by atoms with E-state index >= 15 is 0 Å². The summed E-state index contributed by atoms with van der Waals surface area (Å²) < 4.78 is 42.5. The minimum absolute atomic E-state index is 0.0312. The van der Waals surface area contributed by atoms with E-state index in [1.807, 2.05) is 0 Å². The Labute approximate surface area is 177 Å². The van der Waals surface area contributed by atoms with E-state index in [1.54, 1.807) is 0 Å². The Balaban J connectivity index is 2.11. The van der Waals surface area contributed by atoms with Gasteiger partial charge in [-0.25, -0.2) is 4.68 Å². The number of nitrogens with two attached hydrogens (primary N) is 1. The van der Waals surface area contributed by atoms with Crippen molar-refractivity contribution in [1.29, 1.82) is 0 Å². The molecule has 0 aliphatic heterocycles. The van der Waals surface area contributed by atoms with Crippen LogP contribution in [0.3, 0.4) is 0 Å². The van der Waals surface area contributed by atoms with Crippen LogP contribution in [0.2, 0.25) is 5.02 Å². The summed E-state index contributed by atoms with van der Waals surface area (Å²) in [6.45, 7) is 0. The van der Waals surface area contributed by atoms with Crippen LogP contribution in [0.4, 0.5) is 13.2 Å². The topological polar surface area (TPSA) is 82.9 Å². The lowest BCUT2D eigenvalue weighted by Crippen LogP contribution is -2.21. The molecule has 0 aliphatic carbocycles. The van der Waals surface area contributed by atoms with Crippen molar-refractivity contribution in [3.05, 3.63) is 72.2 Å². The normalized spacial score (nSPS) is 11.6. The zero-order chi connectivity index (χ0) is 20.8. The van der Waals surface area contributed by atoms with E-state index in [1.165, 1.54) is 35.0 Å². The van der Waals surface area contributed by atoms with Gasteiger partial charge in [-0.15, -0.1) is 0 Å². The van der Waals surface area contributed by atoms with Crippen LogP contribution in [-0.4, -0.2) is 20.3 Å². The molecule has 146 valence electrons. The second-order valence-electron chi connectivity index (χ2n) is 5.48. The molecule has 0 bridgehead atoms. The Morgan fingerprint density at radius 3 is 2.25 bits per heavy atom. The Morgan fingerprint density at radius 1 is 1.14 bits per heavy atom. The summed E-state index contributed by atoms with van der Waals surface area (Å²) in [7, 11) is 0. The van der Waals surface area contributed by atoms with Gasteiger partial charge >= 0.3 is 6.18 Å². The number of benzene rings is 1. The molecule has 0 unspecified atom stereocenters. The van der Waals surface area contributed by atoms with E-state index in [0.717, 1.165) is 6.20 Å². The lowest BCUT2D eigenvalue weighted by atomic mass is 10.2. The highest BCUT2D eigenvalue weighted by Gasteiger charge is 2.40. The summed E-state index contributed by atoms with van der Waals surface area (Å²) in [4.78, 5) is 23.6. The summed E-state index contributed by atoms with van der Waals surface area (Å²) in [5.74, 6) is -1.24. The van der Waals surface area contributed by atoms with Gasteiger partial charge in [0.15, 0.2) is 5.69 Å². The Hall–Kier alpha value is -2.11. The van der Waals surface area contributed by atoms with Crippen molar-refractivity contribution in [3.63, 3.8) is 0 Å². The van der Waals surface area contributed by atoms with Crippen LogP contribution in [0.15, 0.2) is 50.4 Å². The number of aromatic nitrogens is 3. The number of primary amides is 1. The van der Waals surface area contributed by atoms with Crippen LogP contribution in [-0.2, 0) is 6.18 Å². The molecule has 3 rings (SSSR count). The van der Waals surface area contributed by atoms with Gasteiger partial charge in [0.2, 0.25) is 0 Å². The zero-order valence-electron chi connectivity index (χ0n) is 13.5. The first-order chi connectivity index (χ1) is 13.0. The number of amides is 1. The predicted octanol–water partition coefficient (Wildman–Crippen LogP) is 4.32. The Morgan fingerprint density at radius 2 is 1.71 bits per heavy atom. The predicted molar refractivity (Wildman–Crippen MR) is 103 cm³/mol. The maximum atomic E-state index is 13.4. The molecule has 0 saturated carbocycles. The molecule has 0 atom stereocenters. The number of hydrogen-bond acceptors (Lipinski definition) is 3. The first-order valence-corrected chi connectivity index (χ1v) is 9.30. The average molecular weight is 541 g/mol. The van der Waals surface area contributed by atoms with Crippen LogP contribution in [0.1, 0.15) is 16.1 Å². The monoisotopic (exact) mass is 538 g/mol. The van der Waals surface area contributed by atoms with Gasteiger partial charge in [-0.1, -0.05) is 11.6 Å². The Bertz CT molecular complexity index is 1140. The molecule has 12 heteroatoms. The molecule has 0 spiro atoms. The number of carbonyl (C=O) groups is 1. The fourth-order valence-electron chi connectivity index (χ4n) is 2.48. The van der Waals surface area contributed by atoms with E-state index in [0.29, 0.717) is 14.8 Å². The van der Waals surface area contributed by atoms with Crippen molar-refractivity contribution >= 4 is 49.4 Å². The lowest BCUT2D eigenvalue weighted by Gasteiger charge is -2.13. The van der Waals surface area contributed by atoms with Crippen molar-refractivity contribution in [2.75, 3.05) is 0 Å². The van der Waals surface area contributed by atoms with Crippen molar-refractivity contribution in [2.45, 2.75) is 6.18 Å². The zero-order valence-corrected chi connectivity index (χ0v) is 17.4. The van der Waals surface area contributed by atoms with Crippen LogP contribution >= 0.6 is 43.5 Å². The molecule has 0 radical (unpaired) electrons. The molecule has 6 nitrogen and oxygen atoms in total. The highest BCUT2D eigenvalue weighted by atomic mass is 79.9. The molecule has 0 saturated heterocycles. The quantitative estimate of drug-likeness (QED) is 0.537. The molecule has 2 heterocycles. The van der Waals surface area contributed by atoms with Gasteiger partial charge in [0.05, 0.1) is 26.9 Å². The molecule has 2 N–H and O–H groups in total. The van der Waals surface area contributed by atoms with E-state index in [4.69, 9.17) is 17.3 Å². The van der Waals surface area contributed by atoms with Crippen LogP contribution in [0, 0.1) is 0 Å². The number of pyridine rings is 1. The fourth-order valence-corrected chi connectivity index (χ4v) is 3.68. The first kappa shape index (κ1) is 20.6. The van der Waals surface area contributed by atoms with Crippen molar-refractivity contribution in [3.8, 4) is 11.4 Å². The Kier molecular flexibility index (Phi) is 5.43. The molecule has 2 aromatic heterocycles. The molecular weight excluding hydrogens is 532 g/mol. The average Bonchev–Trinajstić information content (AvgIpc) is 3.09. The largest absolute Gasteiger partial charge is 0.434 e. The van der Waals surface area contributed by atoms with E-state index in [9.17, 15) is 22.8 Å². The van der Waals surface area contributed by atoms with Crippen molar-refractivity contribution < 1.29 is 18.0 Å². The molecular formula is C16H8Br2ClF3N4O2. The third-order valence-corrected chi connectivity index (χ3v) is 5.91. The van der Waals surface area contributed by atoms with Crippen molar-refractivity contribution in [2.24, 2.45) is 5.73 Å². The van der Waals surface area contributed by atoms with Gasteiger partial charge in [-0.2, -0.15) is 18.3 Å². The molecule has 1 aromatic carbocycles. The maximum absolute atomic E-state index is 13.4. The van der Waals surface area contributed by atoms with E-state index in [-0.39, 0.29) is 15.2 Å². The summed E-state index contributed by atoms with van der Waals surface area (Å²) >= 11 is 12.3. The fraction of sp³-hybridized carbons (Fsp3) is 0.0625. The second-order valence-corrected chi connectivity index (χ2v) is 7.50. The molecule has 0 fully saturated rings. The number of carbonyl (C=O) groups excluding carboxylic acids is 1. The van der Waals surface area contributed by atoms with Crippen LogP contribution in [0.25, 0.3) is 11.4 Å². The van der Waals surface area contributed by atoms with Crippen LogP contribution in [0.5, 0.6) is 0 Å². The van der Waals surface area contributed by atoms with E-state index < -0.39 is 28.9 Å². The van der Waals surface area contributed by atoms with Gasteiger partial charge in [0.25, 0.3) is 11.5 Å². The number of alkyl halides is 3. The number of rotatable bonds is 3. The standard InChI is InChI=1S/C16H8Br2ClF3N4O2/c17-10-6-25(15(28)11(18)12(10)19)7-1-3-8(4-2-7)26-13(16(20,21)22)9(5-24-26)14(23)27/h1-6H,(H2,23,27).